The van der Waals surface area contributed by atoms with Crippen molar-refractivity contribution < 1.29 is 27.8 Å². The molecule has 0 aliphatic heterocycles. The quantitative estimate of drug-likeness (QED) is 0.700. The number of nitrogens with zero attached hydrogens (tertiary/aromatic N) is 1. The molecular weight excluding hydrogens is 372 g/mol. The number of imide groups is 1. The second-order valence-electron chi connectivity index (χ2n) is 7.38. The van der Waals surface area contributed by atoms with Gasteiger partial charge in [0.1, 0.15) is 0 Å². The van der Waals surface area contributed by atoms with Gasteiger partial charge in [0, 0.05) is 12.1 Å². The van der Waals surface area contributed by atoms with Crippen LogP contribution in [0, 0.1) is 0 Å². The summed E-state index contributed by atoms with van der Waals surface area (Å²) in [4.78, 5) is 25.8. The number of halogens is 2. The van der Waals surface area contributed by atoms with E-state index in [1.165, 1.54) is 6.07 Å². The molecule has 0 fully saturated rings. The molecule has 3 amide bonds. The van der Waals surface area contributed by atoms with Crippen molar-refractivity contribution in [2.75, 3.05) is 13.7 Å². The number of carbonyl (C=O) groups excluding carboxylic acids is 2. The van der Waals surface area contributed by atoms with Crippen LogP contribution >= 0.6 is 0 Å². The van der Waals surface area contributed by atoms with Crippen molar-refractivity contribution in [3.05, 3.63) is 23.8 Å². The molecule has 0 aromatic heterocycles. The lowest BCUT2D eigenvalue weighted by molar-refractivity contribution is -0.124. The number of rotatable bonds is 8. The highest BCUT2D eigenvalue weighted by atomic mass is 19.3. The van der Waals surface area contributed by atoms with E-state index in [4.69, 9.17) is 4.74 Å². The van der Waals surface area contributed by atoms with E-state index >= 15 is 0 Å². The Balaban J connectivity index is 2.77. The molecule has 1 unspecified atom stereocenters. The minimum atomic E-state index is -2.95. The summed E-state index contributed by atoms with van der Waals surface area (Å²) in [5, 5.41) is 4.96. The van der Waals surface area contributed by atoms with E-state index in [0.29, 0.717) is 13.2 Å². The predicted molar refractivity (Wildman–Crippen MR) is 102 cm³/mol. The summed E-state index contributed by atoms with van der Waals surface area (Å²) in [6, 6.07) is 3.45. The van der Waals surface area contributed by atoms with E-state index in [-0.39, 0.29) is 11.5 Å². The van der Waals surface area contributed by atoms with Crippen LogP contribution < -0.4 is 20.1 Å². The third-order valence-corrected chi connectivity index (χ3v) is 3.72. The molecule has 0 saturated carbocycles. The molecule has 0 aliphatic carbocycles. The largest absolute Gasteiger partial charge is 0.490 e. The van der Waals surface area contributed by atoms with Gasteiger partial charge in [0.2, 0.25) is 5.91 Å². The molecule has 158 valence electrons. The lowest BCUT2D eigenvalue weighted by Crippen LogP contribution is -2.52. The number of urea groups is 1. The maximum absolute atomic E-state index is 12.5. The van der Waals surface area contributed by atoms with Crippen LogP contribution in [-0.4, -0.2) is 48.7 Å². The Hall–Kier alpha value is -2.42. The van der Waals surface area contributed by atoms with Gasteiger partial charge in [-0.15, -0.1) is 0 Å². The van der Waals surface area contributed by atoms with Gasteiger partial charge >= 0.3 is 12.6 Å². The summed E-state index contributed by atoms with van der Waals surface area (Å²) < 4.78 is 34.8. The number of nitrogens with one attached hydrogen (secondary N) is 2. The van der Waals surface area contributed by atoms with Gasteiger partial charge in [-0.2, -0.15) is 8.78 Å². The number of hydrogen-bond donors (Lipinski definition) is 2. The van der Waals surface area contributed by atoms with E-state index in [1.807, 2.05) is 20.8 Å². The topological polar surface area (TPSA) is 79.9 Å². The minimum Gasteiger partial charge on any atom is -0.490 e. The Bertz CT molecular complexity index is 678. The van der Waals surface area contributed by atoms with Crippen LogP contribution in [0.4, 0.5) is 13.6 Å². The van der Waals surface area contributed by atoms with Crippen molar-refractivity contribution >= 4 is 11.9 Å². The molecule has 9 heteroatoms. The molecule has 0 bridgehead atoms. The van der Waals surface area contributed by atoms with Crippen LogP contribution in [0.3, 0.4) is 0 Å². The van der Waals surface area contributed by atoms with Gasteiger partial charge in [0.25, 0.3) is 0 Å². The molecule has 1 aromatic rings. The molecule has 1 aromatic carbocycles. The zero-order chi connectivity index (χ0) is 21.5. The molecular formula is C19H29F2N3O4. The van der Waals surface area contributed by atoms with Gasteiger partial charge in [-0.3, -0.25) is 15.0 Å². The Morgan fingerprint density at radius 1 is 1.21 bits per heavy atom. The summed E-state index contributed by atoms with van der Waals surface area (Å²) in [5.41, 5.74) is 0.281. The van der Waals surface area contributed by atoms with Gasteiger partial charge in [0.05, 0.1) is 12.6 Å². The second-order valence-corrected chi connectivity index (χ2v) is 7.38. The number of ether oxygens (including phenoxy) is 2. The van der Waals surface area contributed by atoms with Crippen LogP contribution in [0.1, 0.15) is 40.2 Å². The number of hydrogen-bond acceptors (Lipinski definition) is 5. The molecule has 28 heavy (non-hydrogen) atoms. The normalized spacial score (nSPS) is 12.6. The van der Waals surface area contributed by atoms with E-state index in [9.17, 15) is 18.4 Å². The van der Waals surface area contributed by atoms with Crippen LogP contribution in [0.5, 0.6) is 11.5 Å². The summed E-state index contributed by atoms with van der Waals surface area (Å²) in [7, 11) is 1.72. The van der Waals surface area contributed by atoms with E-state index < -0.39 is 30.1 Å². The van der Waals surface area contributed by atoms with Crippen molar-refractivity contribution in [2.45, 2.75) is 59.4 Å². The standard InChI is InChI=1S/C19H29F2N3O4/c1-7-27-15-10-13(8-9-14(15)28-17(20)21)11-24(6)12(2)16(25)22-18(26)23-19(3,4)5/h8-10,12,17H,7,11H2,1-6H3,(H2,22,23,25,26). The number of alkyl halides is 2. The lowest BCUT2D eigenvalue weighted by atomic mass is 10.1. The van der Waals surface area contributed by atoms with Gasteiger partial charge in [-0.25, -0.2) is 4.79 Å². The lowest BCUT2D eigenvalue weighted by Gasteiger charge is -2.25. The average molecular weight is 401 g/mol. The molecule has 0 heterocycles. The maximum Gasteiger partial charge on any atom is 0.387 e. The van der Waals surface area contributed by atoms with E-state index in [2.05, 4.69) is 15.4 Å². The first kappa shape index (κ1) is 23.6. The van der Waals surface area contributed by atoms with Crippen molar-refractivity contribution in [1.82, 2.24) is 15.5 Å². The Labute approximate surface area is 164 Å². The van der Waals surface area contributed by atoms with Crippen molar-refractivity contribution in [3.63, 3.8) is 0 Å². The molecule has 2 N–H and O–H groups in total. The molecule has 0 spiro atoms. The molecule has 1 atom stereocenters. The van der Waals surface area contributed by atoms with Crippen LogP contribution in [0.15, 0.2) is 18.2 Å². The smallest absolute Gasteiger partial charge is 0.387 e. The van der Waals surface area contributed by atoms with Crippen molar-refractivity contribution in [2.24, 2.45) is 0 Å². The highest BCUT2D eigenvalue weighted by Gasteiger charge is 2.22. The molecule has 0 radical (unpaired) electrons. The first-order valence-corrected chi connectivity index (χ1v) is 8.96. The first-order chi connectivity index (χ1) is 12.9. The van der Waals surface area contributed by atoms with Crippen LogP contribution in [0.25, 0.3) is 0 Å². The molecule has 7 nitrogen and oxygen atoms in total. The number of amides is 3. The predicted octanol–water partition coefficient (Wildman–Crippen LogP) is 3.13. The van der Waals surface area contributed by atoms with Crippen LogP contribution in [-0.2, 0) is 11.3 Å². The third-order valence-electron chi connectivity index (χ3n) is 3.72. The van der Waals surface area contributed by atoms with Crippen LogP contribution in [0.2, 0.25) is 0 Å². The number of likely N-dealkylation sites (N-methyl/N-ethyl adjacent to an activating group) is 1. The SMILES string of the molecule is CCOc1cc(CN(C)C(C)C(=O)NC(=O)NC(C)(C)C)ccc1OC(F)F. The average Bonchev–Trinajstić information content (AvgIpc) is 2.54. The number of carbonyl (C=O) groups is 2. The van der Waals surface area contributed by atoms with Crippen molar-refractivity contribution in [1.29, 1.82) is 0 Å². The van der Waals surface area contributed by atoms with E-state index in [0.717, 1.165) is 5.56 Å². The molecule has 0 saturated heterocycles. The number of benzene rings is 1. The fraction of sp³-hybridized carbons (Fsp3) is 0.579. The van der Waals surface area contributed by atoms with E-state index in [1.54, 1.807) is 37.9 Å². The zero-order valence-corrected chi connectivity index (χ0v) is 17.1. The summed E-state index contributed by atoms with van der Waals surface area (Å²) in [6.45, 7) is 6.51. The Kier molecular flexibility index (Phi) is 8.62. The highest BCUT2D eigenvalue weighted by molar-refractivity contribution is 5.97. The van der Waals surface area contributed by atoms with Crippen molar-refractivity contribution in [3.8, 4) is 11.5 Å². The summed E-state index contributed by atoms with van der Waals surface area (Å²) >= 11 is 0. The monoisotopic (exact) mass is 401 g/mol. The fourth-order valence-corrected chi connectivity index (χ4v) is 2.33. The second kappa shape index (κ2) is 10.2. The minimum absolute atomic E-state index is 0.0482. The maximum atomic E-state index is 12.5. The fourth-order valence-electron chi connectivity index (χ4n) is 2.33. The first-order valence-electron chi connectivity index (χ1n) is 8.96. The van der Waals surface area contributed by atoms with Gasteiger partial charge in [-0.05, 0) is 59.4 Å². The summed E-state index contributed by atoms with van der Waals surface area (Å²) in [5.74, 6) is -0.296. The highest BCUT2D eigenvalue weighted by Crippen LogP contribution is 2.30. The van der Waals surface area contributed by atoms with Gasteiger partial charge < -0.3 is 14.8 Å². The molecule has 1 rings (SSSR count). The Morgan fingerprint density at radius 2 is 1.86 bits per heavy atom. The van der Waals surface area contributed by atoms with Gasteiger partial charge in [-0.1, -0.05) is 6.07 Å². The summed E-state index contributed by atoms with van der Waals surface area (Å²) in [6.07, 6.45) is 0. The zero-order valence-electron chi connectivity index (χ0n) is 17.1. The molecule has 0 aliphatic rings. The van der Waals surface area contributed by atoms with Gasteiger partial charge in [0.15, 0.2) is 11.5 Å². The Morgan fingerprint density at radius 3 is 2.39 bits per heavy atom. The third kappa shape index (κ3) is 8.08.